The van der Waals surface area contributed by atoms with Crippen molar-refractivity contribution in [1.82, 2.24) is 60.0 Å². The Morgan fingerprint density at radius 1 is 0.721 bits per heavy atom. The molecule has 2 aliphatic heterocycles. The van der Waals surface area contributed by atoms with Crippen molar-refractivity contribution in [3.8, 4) is 11.5 Å². The Morgan fingerprint density at radius 2 is 1.26 bits per heavy atom. The summed E-state index contributed by atoms with van der Waals surface area (Å²) >= 11 is 0. The molecule has 0 saturated carbocycles. The van der Waals surface area contributed by atoms with Gasteiger partial charge in [-0.3, -0.25) is 4.90 Å². The van der Waals surface area contributed by atoms with Crippen LogP contribution < -0.4 is 36.1 Å². The van der Waals surface area contributed by atoms with Crippen molar-refractivity contribution in [2.75, 3.05) is 64.6 Å². The van der Waals surface area contributed by atoms with E-state index in [-0.39, 0.29) is 12.1 Å². The normalized spacial score (nSPS) is 16.5. The highest BCUT2D eigenvalue weighted by atomic mass is 16.5. The van der Waals surface area contributed by atoms with Gasteiger partial charge >= 0.3 is 0 Å². The molecule has 2 saturated heterocycles. The van der Waals surface area contributed by atoms with Crippen LogP contribution in [0.15, 0.2) is 60.9 Å². The summed E-state index contributed by atoms with van der Waals surface area (Å²) in [4.78, 5) is 21.7. The van der Waals surface area contributed by atoms with Crippen LogP contribution in [0.2, 0.25) is 0 Å². The van der Waals surface area contributed by atoms with E-state index in [4.69, 9.17) is 29.4 Å². The van der Waals surface area contributed by atoms with E-state index in [2.05, 4.69) is 102 Å². The molecule has 0 spiro atoms. The zero-order valence-electron chi connectivity index (χ0n) is 37.2. The quantitative estimate of drug-likeness (QED) is 0.0730. The molecule has 0 radical (unpaired) electrons. The highest BCUT2D eigenvalue weighted by Crippen LogP contribution is 2.27. The van der Waals surface area contributed by atoms with E-state index in [1.807, 2.05) is 57.8 Å². The summed E-state index contributed by atoms with van der Waals surface area (Å²) in [5.41, 5.74) is 6.23. The zero-order valence-corrected chi connectivity index (χ0v) is 37.2. The summed E-state index contributed by atoms with van der Waals surface area (Å²) in [6, 6.07) is 16.7. The first kappa shape index (κ1) is 43.7. The number of nitrogens with one attached hydrogen (secondary N) is 5. The minimum atomic E-state index is 0.0322. The van der Waals surface area contributed by atoms with Crippen molar-refractivity contribution < 1.29 is 9.47 Å². The van der Waals surface area contributed by atoms with Crippen molar-refractivity contribution in [2.24, 2.45) is 5.92 Å². The molecule has 2 aromatic carbocycles. The van der Waals surface area contributed by atoms with E-state index in [1.54, 1.807) is 14.2 Å². The number of hydrogen-bond acceptors (Lipinski definition) is 14. The number of benzene rings is 2. The lowest BCUT2D eigenvalue weighted by atomic mass is 10.0. The summed E-state index contributed by atoms with van der Waals surface area (Å²) in [6.45, 7) is 19.5. The van der Waals surface area contributed by atoms with Gasteiger partial charge in [0, 0.05) is 43.3 Å². The molecule has 0 bridgehead atoms. The van der Waals surface area contributed by atoms with E-state index in [1.165, 1.54) is 0 Å². The average molecular weight is 833 g/mol. The number of rotatable bonds is 17. The monoisotopic (exact) mass is 833 g/mol. The Morgan fingerprint density at radius 3 is 1.74 bits per heavy atom. The second kappa shape index (κ2) is 20.0. The molecule has 3 atom stereocenters. The van der Waals surface area contributed by atoms with Gasteiger partial charge in [0.25, 0.3) is 0 Å². The third kappa shape index (κ3) is 10.7. The molecule has 61 heavy (non-hydrogen) atoms. The van der Waals surface area contributed by atoms with Gasteiger partial charge in [0.1, 0.15) is 23.1 Å². The number of anilines is 2. The van der Waals surface area contributed by atoms with E-state index < -0.39 is 0 Å². The molecule has 16 nitrogen and oxygen atoms in total. The van der Waals surface area contributed by atoms with Crippen LogP contribution in [0, 0.1) is 5.92 Å². The molecule has 4 aromatic heterocycles. The van der Waals surface area contributed by atoms with Crippen molar-refractivity contribution in [2.45, 2.75) is 91.0 Å². The first-order valence-electron chi connectivity index (χ1n) is 21.6. The molecule has 6 aromatic rings. The standard InChI is InChI=1S/C23H33N7O.C22H31N7O/c1-15(2)20-12-25-30-22(20)27-21(14-29(4)13-17-10-24-11-17)28-23(30)26-16(3)18-7-6-8-19(9-18)31-5;1-14(2)19-12-25-29-21(19)27-20(13-24-17-8-9-23-11-17)28-22(29)26-15(3)16-6-5-7-18(10-16)30-4/h6-9,12,15-17,24H,10-11,13-14H2,1-5H3,(H,26,27,28);5-7,10,12,14-15,17,23-24H,8-9,11,13H2,1-4H3,(H,26,27,28)/t16-;15-,17?/m00/s1. The number of nitrogens with zero attached hydrogens (tertiary/aromatic N) is 9. The lowest BCUT2D eigenvalue weighted by Crippen LogP contribution is -2.47. The highest BCUT2D eigenvalue weighted by molar-refractivity contribution is 5.54. The Hall–Kier alpha value is -5.42. The van der Waals surface area contributed by atoms with Gasteiger partial charge < -0.3 is 36.1 Å². The van der Waals surface area contributed by atoms with E-state index >= 15 is 0 Å². The predicted molar refractivity (Wildman–Crippen MR) is 241 cm³/mol. The Kier molecular flexibility index (Phi) is 14.3. The fourth-order valence-electron chi connectivity index (χ4n) is 7.69. The van der Waals surface area contributed by atoms with Crippen LogP contribution in [0.5, 0.6) is 11.5 Å². The summed E-state index contributed by atoms with van der Waals surface area (Å²) in [5.74, 6) is 6.05. The van der Waals surface area contributed by atoms with Gasteiger partial charge in [-0.25, -0.2) is 9.97 Å². The van der Waals surface area contributed by atoms with Gasteiger partial charge in [-0.1, -0.05) is 52.0 Å². The molecule has 2 fully saturated rings. The number of fused-ring (bicyclic) bond motifs is 2. The number of aromatic nitrogens is 8. The zero-order chi connectivity index (χ0) is 43.0. The SMILES string of the molecule is COc1cccc([C@H](C)Nc2nc(CN(C)CC3CNC3)nc3c(C(C)C)cnn23)c1.COc1cccc([C@H](C)Nc2nc(CNC3CCNC3)nc3c(C(C)C)cnn23)c1. The number of methoxy groups -OCH3 is 2. The minimum absolute atomic E-state index is 0.0322. The first-order chi connectivity index (χ1) is 29.5. The molecular weight excluding hydrogens is 769 g/mol. The lowest BCUT2D eigenvalue weighted by Gasteiger charge is -2.31. The van der Waals surface area contributed by atoms with E-state index in [0.29, 0.717) is 48.8 Å². The van der Waals surface area contributed by atoms with Gasteiger partial charge in [0.15, 0.2) is 11.3 Å². The minimum Gasteiger partial charge on any atom is -0.497 e. The van der Waals surface area contributed by atoms with Gasteiger partial charge in [-0.05, 0) is 87.0 Å². The second-order valence-corrected chi connectivity index (χ2v) is 17.0. The fraction of sp³-hybridized carbons (Fsp3) is 0.511. The van der Waals surface area contributed by atoms with Gasteiger partial charge in [0.2, 0.25) is 11.9 Å². The molecule has 0 amide bonds. The van der Waals surface area contributed by atoms with Crippen LogP contribution in [0.3, 0.4) is 0 Å². The fourth-order valence-corrected chi connectivity index (χ4v) is 7.69. The molecule has 2 aliphatic rings. The highest BCUT2D eigenvalue weighted by Gasteiger charge is 2.22. The van der Waals surface area contributed by atoms with Crippen molar-refractivity contribution in [3.63, 3.8) is 0 Å². The van der Waals surface area contributed by atoms with E-state index in [9.17, 15) is 0 Å². The maximum atomic E-state index is 5.38. The first-order valence-corrected chi connectivity index (χ1v) is 21.6. The Labute approximate surface area is 359 Å². The predicted octanol–water partition coefficient (Wildman–Crippen LogP) is 5.96. The van der Waals surface area contributed by atoms with Crippen molar-refractivity contribution in [3.05, 3.63) is 94.8 Å². The topological polar surface area (TPSA) is 168 Å². The Balaban J connectivity index is 0.000000184. The molecule has 1 unspecified atom stereocenters. The van der Waals surface area contributed by atoms with Crippen molar-refractivity contribution >= 4 is 23.2 Å². The van der Waals surface area contributed by atoms with Gasteiger partial charge in [-0.15, -0.1) is 0 Å². The third-order valence-electron chi connectivity index (χ3n) is 11.5. The van der Waals surface area contributed by atoms with Crippen LogP contribution in [-0.4, -0.2) is 104 Å². The maximum absolute atomic E-state index is 5.38. The second-order valence-electron chi connectivity index (χ2n) is 17.0. The van der Waals surface area contributed by atoms with E-state index in [0.717, 1.165) is 95.8 Å². The van der Waals surface area contributed by atoms with Crippen LogP contribution in [0.1, 0.15) is 106 Å². The van der Waals surface area contributed by atoms with Crippen LogP contribution in [-0.2, 0) is 13.1 Å². The van der Waals surface area contributed by atoms with Crippen LogP contribution >= 0.6 is 0 Å². The molecule has 8 rings (SSSR count). The number of hydrogen-bond donors (Lipinski definition) is 5. The summed E-state index contributed by atoms with van der Waals surface area (Å²) in [7, 11) is 5.50. The Bertz CT molecular complexity index is 2350. The molecule has 326 valence electrons. The average Bonchev–Trinajstić information content (AvgIpc) is 4.03. The summed E-state index contributed by atoms with van der Waals surface area (Å²) < 4.78 is 14.4. The smallest absolute Gasteiger partial charge is 0.228 e. The van der Waals surface area contributed by atoms with Gasteiger partial charge in [0.05, 0.1) is 51.8 Å². The number of ether oxygens (including phenoxy) is 2. The summed E-state index contributed by atoms with van der Waals surface area (Å²) in [5, 5.41) is 26.5. The summed E-state index contributed by atoms with van der Waals surface area (Å²) in [6.07, 6.45) is 4.93. The largest absolute Gasteiger partial charge is 0.497 e. The third-order valence-corrected chi connectivity index (χ3v) is 11.5. The molecule has 0 aliphatic carbocycles. The van der Waals surface area contributed by atoms with Gasteiger partial charge in [-0.2, -0.15) is 29.2 Å². The lowest BCUT2D eigenvalue weighted by molar-refractivity contribution is 0.215. The molecular formula is C45H64N14O2. The maximum Gasteiger partial charge on any atom is 0.228 e. The molecule has 5 N–H and O–H groups in total. The molecule has 16 heteroatoms. The van der Waals surface area contributed by atoms with Crippen LogP contribution in [0.4, 0.5) is 11.9 Å². The van der Waals surface area contributed by atoms with Crippen LogP contribution in [0.25, 0.3) is 11.3 Å². The van der Waals surface area contributed by atoms with Crippen molar-refractivity contribution in [1.29, 1.82) is 0 Å². The molecule has 6 heterocycles.